The van der Waals surface area contributed by atoms with Gasteiger partial charge in [-0.15, -0.1) is 0 Å². The monoisotopic (exact) mass is 369 g/mol. The number of nitrogens with zero attached hydrogens (tertiary/aromatic N) is 4. The molecule has 1 atom stereocenters. The third-order valence-electron chi connectivity index (χ3n) is 4.32. The van der Waals surface area contributed by atoms with E-state index in [1.165, 1.54) is 4.90 Å². The molecule has 0 bridgehead atoms. The Morgan fingerprint density at radius 2 is 1.88 bits per heavy atom. The summed E-state index contributed by atoms with van der Waals surface area (Å²) in [6.07, 6.45) is 0. The lowest BCUT2D eigenvalue weighted by Gasteiger charge is -2.23. The minimum atomic E-state index is -0.586. The normalized spacial score (nSPS) is 17.2. The highest BCUT2D eigenvalue weighted by Crippen LogP contribution is 2.29. The maximum Gasteiger partial charge on any atom is 0.321 e. The smallest absolute Gasteiger partial charge is 0.321 e. The van der Waals surface area contributed by atoms with E-state index in [1.807, 2.05) is 42.5 Å². The van der Waals surface area contributed by atoms with Crippen LogP contribution in [0.15, 0.2) is 64.7 Å². The number of guanidine groups is 1. The standard InChI is InChI=1S/C19H20ClN5O/c1-22-19(24(2)18(21)26)25-12-16(13-6-4-3-5-7-13)17(23-25)14-8-10-15(20)11-9-14/h3-11,16H,12H2,1-2H3,(H2,21,26)/b22-19+/t16-/m1/s1. The number of hydrazone groups is 1. The Morgan fingerprint density at radius 1 is 1.23 bits per heavy atom. The number of primary amides is 1. The number of hydrogen-bond donors (Lipinski definition) is 1. The lowest BCUT2D eigenvalue weighted by Crippen LogP contribution is -2.45. The summed E-state index contributed by atoms with van der Waals surface area (Å²) in [5.41, 5.74) is 8.41. The van der Waals surface area contributed by atoms with Gasteiger partial charge in [-0.25, -0.2) is 9.80 Å². The summed E-state index contributed by atoms with van der Waals surface area (Å²) in [5, 5.41) is 7.13. The molecule has 1 aliphatic rings. The summed E-state index contributed by atoms with van der Waals surface area (Å²) >= 11 is 6.02. The number of urea groups is 1. The van der Waals surface area contributed by atoms with Crippen LogP contribution in [0.4, 0.5) is 4.79 Å². The molecule has 0 aliphatic carbocycles. The molecule has 2 aromatic carbocycles. The highest BCUT2D eigenvalue weighted by Gasteiger charge is 2.33. The Hall–Kier alpha value is -2.86. The zero-order valence-corrected chi connectivity index (χ0v) is 15.4. The van der Waals surface area contributed by atoms with Gasteiger partial charge in [0.1, 0.15) is 0 Å². The summed E-state index contributed by atoms with van der Waals surface area (Å²) < 4.78 is 0. The molecule has 2 amide bonds. The number of amides is 2. The number of hydrogen-bond acceptors (Lipinski definition) is 3. The van der Waals surface area contributed by atoms with Crippen LogP contribution < -0.4 is 5.73 Å². The largest absolute Gasteiger partial charge is 0.351 e. The van der Waals surface area contributed by atoms with Gasteiger partial charge < -0.3 is 5.73 Å². The molecule has 6 nitrogen and oxygen atoms in total. The van der Waals surface area contributed by atoms with Crippen molar-refractivity contribution in [2.75, 3.05) is 20.6 Å². The van der Waals surface area contributed by atoms with Crippen molar-refractivity contribution < 1.29 is 4.79 Å². The van der Waals surface area contributed by atoms with E-state index in [9.17, 15) is 4.79 Å². The van der Waals surface area contributed by atoms with Gasteiger partial charge in [0.05, 0.1) is 12.3 Å². The van der Waals surface area contributed by atoms with Crippen LogP contribution in [0.3, 0.4) is 0 Å². The topological polar surface area (TPSA) is 74.3 Å². The molecule has 0 aromatic heterocycles. The van der Waals surface area contributed by atoms with E-state index in [1.54, 1.807) is 19.1 Å². The first-order valence-electron chi connectivity index (χ1n) is 8.18. The zero-order chi connectivity index (χ0) is 18.7. The summed E-state index contributed by atoms with van der Waals surface area (Å²) in [7, 11) is 3.19. The van der Waals surface area contributed by atoms with Gasteiger partial charge in [0, 0.05) is 25.0 Å². The number of rotatable bonds is 2. The highest BCUT2D eigenvalue weighted by molar-refractivity contribution is 6.30. The SMILES string of the molecule is C/N=C(/N1C[C@H](c2ccccc2)C(c2ccc(Cl)cc2)=N1)N(C)C(N)=O. The molecular formula is C19H20ClN5O. The second kappa shape index (κ2) is 7.58. The van der Waals surface area contributed by atoms with E-state index < -0.39 is 6.03 Å². The highest BCUT2D eigenvalue weighted by atomic mass is 35.5. The molecule has 0 radical (unpaired) electrons. The average molecular weight is 370 g/mol. The minimum absolute atomic E-state index is 0.0374. The molecule has 3 rings (SSSR count). The van der Waals surface area contributed by atoms with Crippen molar-refractivity contribution in [3.05, 3.63) is 70.7 Å². The molecule has 1 aliphatic heterocycles. The fraction of sp³-hybridized carbons (Fsp3) is 0.211. The molecular weight excluding hydrogens is 350 g/mol. The third-order valence-corrected chi connectivity index (χ3v) is 4.57. The molecule has 0 saturated heterocycles. The Balaban J connectivity index is 2.02. The molecule has 0 fully saturated rings. The summed E-state index contributed by atoms with van der Waals surface area (Å²) in [4.78, 5) is 17.1. The molecule has 2 N–H and O–H groups in total. The second-order valence-electron chi connectivity index (χ2n) is 5.96. The van der Waals surface area contributed by atoms with Crippen molar-refractivity contribution in [3.8, 4) is 0 Å². The predicted molar refractivity (Wildman–Crippen MR) is 105 cm³/mol. The summed E-state index contributed by atoms with van der Waals surface area (Å²) in [6.45, 7) is 0.562. The first kappa shape index (κ1) is 17.9. The number of carbonyl (C=O) groups excluding carboxylic acids is 1. The lowest BCUT2D eigenvalue weighted by molar-refractivity contribution is 0.231. The lowest BCUT2D eigenvalue weighted by atomic mass is 9.91. The predicted octanol–water partition coefficient (Wildman–Crippen LogP) is 3.14. The Kier molecular flexibility index (Phi) is 5.23. The van der Waals surface area contributed by atoms with Gasteiger partial charge in [0.25, 0.3) is 0 Å². The molecule has 134 valence electrons. The number of nitrogens with two attached hydrogens (primary N) is 1. The number of carbonyl (C=O) groups is 1. The Bertz CT molecular complexity index is 848. The van der Waals surface area contributed by atoms with Gasteiger partial charge in [-0.05, 0) is 23.3 Å². The van der Waals surface area contributed by atoms with E-state index in [-0.39, 0.29) is 5.92 Å². The van der Waals surface area contributed by atoms with Crippen molar-refractivity contribution in [3.63, 3.8) is 0 Å². The van der Waals surface area contributed by atoms with Crippen LogP contribution in [-0.4, -0.2) is 48.3 Å². The van der Waals surface area contributed by atoms with Crippen LogP contribution in [0.5, 0.6) is 0 Å². The van der Waals surface area contributed by atoms with Gasteiger partial charge >= 0.3 is 6.03 Å². The number of aliphatic imine (C=N–C) groups is 1. The van der Waals surface area contributed by atoms with Crippen LogP contribution in [-0.2, 0) is 0 Å². The first-order chi connectivity index (χ1) is 12.5. The molecule has 2 aromatic rings. The summed E-state index contributed by atoms with van der Waals surface area (Å²) in [5.74, 6) is 0.442. The van der Waals surface area contributed by atoms with Gasteiger partial charge in [0.2, 0.25) is 5.96 Å². The zero-order valence-electron chi connectivity index (χ0n) is 14.6. The van der Waals surface area contributed by atoms with Gasteiger partial charge in [-0.3, -0.25) is 9.89 Å². The first-order valence-corrected chi connectivity index (χ1v) is 8.56. The van der Waals surface area contributed by atoms with Crippen LogP contribution in [0, 0.1) is 0 Å². The average Bonchev–Trinajstić information content (AvgIpc) is 3.08. The van der Waals surface area contributed by atoms with E-state index in [2.05, 4.69) is 17.1 Å². The third kappa shape index (κ3) is 3.55. The van der Waals surface area contributed by atoms with Crippen LogP contribution in [0.2, 0.25) is 5.02 Å². The quantitative estimate of drug-likeness (QED) is 0.652. The Morgan fingerprint density at radius 3 is 2.46 bits per heavy atom. The van der Waals surface area contributed by atoms with Crippen LogP contribution in [0.1, 0.15) is 17.0 Å². The maximum absolute atomic E-state index is 11.6. The molecule has 0 saturated carbocycles. The van der Waals surface area contributed by atoms with Gasteiger partial charge in [0.15, 0.2) is 0 Å². The maximum atomic E-state index is 11.6. The Labute approximate surface area is 157 Å². The van der Waals surface area contributed by atoms with Crippen molar-refractivity contribution in [1.29, 1.82) is 0 Å². The summed E-state index contributed by atoms with van der Waals surface area (Å²) in [6, 6.07) is 17.1. The van der Waals surface area contributed by atoms with E-state index >= 15 is 0 Å². The number of halogens is 1. The van der Waals surface area contributed by atoms with E-state index in [0.29, 0.717) is 17.5 Å². The molecule has 7 heteroatoms. The fourth-order valence-electron chi connectivity index (χ4n) is 2.99. The van der Waals surface area contributed by atoms with Crippen molar-refractivity contribution in [2.24, 2.45) is 15.8 Å². The molecule has 26 heavy (non-hydrogen) atoms. The number of benzene rings is 2. The molecule has 0 spiro atoms. The van der Waals surface area contributed by atoms with Gasteiger partial charge in [-0.2, -0.15) is 5.10 Å². The molecule has 0 unspecified atom stereocenters. The van der Waals surface area contributed by atoms with Crippen LogP contribution in [0.25, 0.3) is 0 Å². The van der Waals surface area contributed by atoms with E-state index in [0.717, 1.165) is 16.8 Å². The second-order valence-corrected chi connectivity index (χ2v) is 6.39. The van der Waals surface area contributed by atoms with Crippen molar-refractivity contribution in [2.45, 2.75) is 5.92 Å². The van der Waals surface area contributed by atoms with Crippen molar-refractivity contribution >= 4 is 29.3 Å². The van der Waals surface area contributed by atoms with Crippen molar-refractivity contribution in [1.82, 2.24) is 9.91 Å². The fourth-order valence-corrected chi connectivity index (χ4v) is 3.12. The van der Waals surface area contributed by atoms with E-state index in [4.69, 9.17) is 22.4 Å². The molecule has 1 heterocycles. The van der Waals surface area contributed by atoms with Crippen LogP contribution >= 0.6 is 11.6 Å². The van der Waals surface area contributed by atoms with Gasteiger partial charge in [-0.1, -0.05) is 54.1 Å². The minimum Gasteiger partial charge on any atom is -0.351 e.